The molecule has 7 heteroatoms. The molecule has 0 aromatic heterocycles. The molecule has 1 amide bonds. The van der Waals surface area contributed by atoms with Gasteiger partial charge in [0.2, 0.25) is 5.91 Å². The van der Waals surface area contributed by atoms with Crippen LogP contribution in [0.4, 0.5) is 14.5 Å². The Balaban J connectivity index is 1.90. The summed E-state index contributed by atoms with van der Waals surface area (Å²) in [5, 5.41) is 2.28. The predicted molar refractivity (Wildman–Crippen MR) is 83.5 cm³/mol. The number of benzene rings is 2. The molecule has 23 heavy (non-hydrogen) atoms. The maximum absolute atomic E-state index is 13.0. The van der Waals surface area contributed by atoms with E-state index in [2.05, 4.69) is 5.32 Å². The van der Waals surface area contributed by atoms with Gasteiger partial charge in [-0.25, -0.2) is 17.2 Å². The summed E-state index contributed by atoms with van der Waals surface area (Å²) >= 11 is 0. The summed E-state index contributed by atoms with van der Waals surface area (Å²) in [6.45, 7) is 0. The number of anilines is 1. The zero-order valence-corrected chi connectivity index (χ0v) is 12.9. The topological polar surface area (TPSA) is 63.2 Å². The minimum absolute atomic E-state index is 0.0482. The molecule has 4 nitrogen and oxygen atoms in total. The van der Waals surface area contributed by atoms with Crippen LogP contribution in [0, 0.1) is 11.6 Å². The number of hydrogen-bond donors (Lipinski definition) is 1. The Bertz CT molecular complexity index is 772. The molecule has 2 aromatic carbocycles. The summed E-state index contributed by atoms with van der Waals surface area (Å²) in [5.74, 6) is -2.76. The van der Waals surface area contributed by atoms with Gasteiger partial charge in [-0.2, -0.15) is 0 Å². The summed E-state index contributed by atoms with van der Waals surface area (Å²) in [5.41, 5.74) is 0.591. The Morgan fingerprint density at radius 2 is 1.61 bits per heavy atom. The van der Waals surface area contributed by atoms with Crippen LogP contribution in [-0.4, -0.2) is 20.1 Å². The molecule has 1 N–H and O–H groups in total. The monoisotopic (exact) mass is 339 g/mol. The van der Waals surface area contributed by atoms with Gasteiger partial charge in [0, 0.05) is 18.2 Å². The summed E-state index contributed by atoms with van der Waals surface area (Å²) in [7, 11) is -3.45. The lowest BCUT2D eigenvalue weighted by Gasteiger charge is -2.07. The highest BCUT2D eigenvalue weighted by atomic mass is 32.2. The Morgan fingerprint density at radius 1 is 1.00 bits per heavy atom. The van der Waals surface area contributed by atoms with Crippen molar-refractivity contribution < 1.29 is 22.0 Å². The lowest BCUT2D eigenvalue weighted by Crippen LogP contribution is -2.18. The highest BCUT2D eigenvalue weighted by Gasteiger charge is 2.15. The van der Waals surface area contributed by atoms with Crippen LogP contribution in [0.25, 0.3) is 0 Å². The van der Waals surface area contributed by atoms with Gasteiger partial charge in [0.1, 0.15) is 11.6 Å². The summed E-state index contributed by atoms with van der Waals surface area (Å²) < 4.78 is 49.9. The molecule has 0 aliphatic rings. The molecule has 2 rings (SSSR count). The van der Waals surface area contributed by atoms with Crippen LogP contribution in [0.2, 0.25) is 0 Å². The van der Waals surface area contributed by atoms with Gasteiger partial charge in [-0.15, -0.1) is 0 Å². The Hall–Kier alpha value is -2.28. The number of halogens is 2. The van der Waals surface area contributed by atoms with Crippen LogP contribution < -0.4 is 5.32 Å². The lowest BCUT2D eigenvalue weighted by atomic mass is 10.2. The van der Waals surface area contributed by atoms with E-state index in [1.54, 1.807) is 30.3 Å². The van der Waals surface area contributed by atoms with Crippen LogP contribution in [0.3, 0.4) is 0 Å². The first-order chi connectivity index (χ1) is 10.8. The SMILES string of the molecule is O=C(CCS(=O)(=O)Cc1ccccc1)Nc1cc(F)cc(F)c1. The minimum Gasteiger partial charge on any atom is -0.326 e. The molecule has 0 fully saturated rings. The fourth-order valence-electron chi connectivity index (χ4n) is 2.00. The standard InChI is InChI=1S/C16H15F2NO3S/c17-13-8-14(18)10-15(9-13)19-16(20)6-7-23(21,22)11-12-4-2-1-3-5-12/h1-5,8-10H,6-7,11H2,(H,19,20). The van der Waals surface area contributed by atoms with Crippen molar-refractivity contribution >= 4 is 21.4 Å². The van der Waals surface area contributed by atoms with E-state index in [1.165, 1.54) is 0 Å². The van der Waals surface area contributed by atoms with Gasteiger partial charge in [-0.05, 0) is 17.7 Å². The highest BCUT2D eigenvalue weighted by molar-refractivity contribution is 7.90. The number of hydrogen-bond acceptors (Lipinski definition) is 3. The van der Waals surface area contributed by atoms with E-state index in [9.17, 15) is 22.0 Å². The minimum atomic E-state index is -3.45. The molecule has 0 heterocycles. The smallest absolute Gasteiger partial charge is 0.225 e. The molecule has 0 saturated carbocycles. The Kier molecular flexibility index (Phi) is 5.44. The number of sulfone groups is 1. The molecule has 0 aliphatic heterocycles. The van der Waals surface area contributed by atoms with Gasteiger partial charge >= 0.3 is 0 Å². The zero-order valence-electron chi connectivity index (χ0n) is 12.1. The van der Waals surface area contributed by atoms with Crippen molar-refractivity contribution in [3.05, 3.63) is 65.7 Å². The summed E-state index contributed by atoms with van der Waals surface area (Å²) in [6, 6.07) is 11.2. The third-order valence-electron chi connectivity index (χ3n) is 3.02. The molecule has 0 radical (unpaired) electrons. The average molecular weight is 339 g/mol. The van der Waals surface area contributed by atoms with Crippen LogP contribution in [-0.2, 0) is 20.4 Å². The van der Waals surface area contributed by atoms with Crippen LogP contribution >= 0.6 is 0 Å². The number of amides is 1. The third-order valence-corrected chi connectivity index (χ3v) is 4.62. The van der Waals surface area contributed by atoms with E-state index in [4.69, 9.17) is 0 Å². The Morgan fingerprint density at radius 3 is 2.22 bits per heavy atom. The third kappa shape index (κ3) is 5.78. The fraction of sp³-hybridized carbons (Fsp3) is 0.188. The van der Waals surface area contributed by atoms with Crippen molar-refractivity contribution in [3.8, 4) is 0 Å². The fourth-order valence-corrected chi connectivity index (χ4v) is 3.34. The number of carbonyl (C=O) groups excluding carboxylic acids is 1. The van der Waals surface area contributed by atoms with Gasteiger partial charge < -0.3 is 5.32 Å². The summed E-state index contributed by atoms with van der Waals surface area (Å²) in [6.07, 6.45) is -0.284. The second-order valence-electron chi connectivity index (χ2n) is 5.03. The van der Waals surface area contributed by atoms with Crippen LogP contribution in [0.15, 0.2) is 48.5 Å². The van der Waals surface area contributed by atoms with Crippen molar-refractivity contribution in [1.82, 2.24) is 0 Å². The van der Waals surface area contributed by atoms with E-state index >= 15 is 0 Å². The first-order valence-corrected chi connectivity index (χ1v) is 8.66. The highest BCUT2D eigenvalue weighted by Crippen LogP contribution is 2.13. The normalized spacial score (nSPS) is 11.2. The van der Waals surface area contributed by atoms with Gasteiger partial charge in [-0.3, -0.25) is 4.79 Å². The zero-order chi connectivity index (χ0) is 16.9. The van der Waals surface area contributed by atoms with Crippen molar-refractivity contribution in [1.29, 1.82) is 0 Å². The van der Waals surface area contributed by atoms with Gasteiger partial charge in [0.15, 0.2) is 9.84 Å². The maximum atomic E-state index is 13.0. The quantitative estimate of drug-likeness (QED) is 0.880. The van der Waals surface area contributed by atoms with Crippen LogP contribution in [0.5, 0.6) is 0 Å². The van der Waals surface area contributed by atoms with Crippen molar-refractivity contribution in [2.45, 2.75) is 12.2 Å². The van der Waals surface area contributed by atoms with Gasteiger partial charge in [-0.1, -0.05) is 30.3 Å². The molecule has 2 aromatic rings. The second-order valence-corrected chi connectivity index (χ2v) is 7.22. The van der Waals surface area contributed by atoms with Crippen molar-refractivity contribution in [2.75, 3.05) is 11.1 Å². The molecule has 0 spiro atoms. The Labute approximate surface area is 133 Å². The van der Waals surface area contributed by atoms with Gasteiger partial charge in [0.05, 0.1) is 11.5 Å². The molecule has 0 unspecified atom stereocenters. The average Bonchev–Trinajstić information content (AvgIpc) is 2.45. The number of rotatable bonds is 6. The lowest BCUT2D eigenvalue weighted by molar-refractivity contribution is -0.115. The second kappa shape index (κ2) is 7.32. The van der Waals surface area contributed by atoms with Gasteiger partial charge in [0.25, 0.3) is 0 Å². The van der Waals surface area contributed by atoms with Crippen molar-refractivity contribution in [2.24, 2.45) is 0 Å². The molecule has 122 valence electrons. The van der Waals surface area contributed by atoms with E-state index in [0.29, 0.717) is 11.6 Å². The largest absolute Gasteiger partial charge is 0.326 e. The summed E-state index contributed by atoms with van der Waals surface area (Å²) in [4.78, 5) is 11.7. The van der Waals surface area contributed by atoms with E-state index in [1.807, 2.05) is 0 Å². The van der Waals surface area contributed by atoms with E-state index in [0.717, 1.165) is 12.1 Å². The molecule has 0 atom stereocenters. The van der Waals surface area contributed by atoms with E-state index in [-0.39, 0.29) is 23.6 Å². The van der Waals surface area contributed by atoms with Crippen molar-refractivity contribution in [3.63, 3.8) is 0 Å². The maximum Gasteiger partial charge on any atom is 0.225 e. The molecule has 0 bridgehead atoms. The number of carbonyl (C=O) groups is 1. The van der Waals surface area contributed by atoms with Crippen LogP contribution in [0.1, 0.15) is 12.0 Å². The molecule has 0 saturated heterocycles. The molecular weight excluding hydrogens is 324 g/mol. The first-order valence-electron chi connectivity index (χ1n) is 6.84. The van der Waals surface area contributed by atoms with E-state index < -0.39 is 27.4 Å². The number of nitrogens with one attached hydrogen (secondary N) is 1. The molecular formula is C16H15F2NO3S. The first kappa shape index (κ1) is 17.1. The molecule has 0 aliphatic carbocycles. The predicted octanol–water partition coefficient (Wildman–Crippen LogP) is 2.91.